The van der Waals surface area contributed by atoms with Crippen LogP contribution in [-0.2, 0) is 4.74 Å². The number of hydrogen-bond donors (Lipinski definition) is 1. The van der Waals surface area contributed by atoms with Crippen LogP contribution < -0.4 is 10.2 Å². The third-order valence-corrected chi connectivity index (χ3v) is 4.68. The van der Waals surface area contributed by atoms with Gasteiger partial charge in [-0.2, -0.15) is 0 Å². The fourth-order valence-corrected chi connectivity index (χ4v) is 2.87. The minimum absolute atomic E-state index is 0.160. The molecule has 1 aliphatic heterocycles. The second-order valence-electron chi connectivity index (χ2n) is 6.21. The van der Waals surface area contributed by atoms with Gasteiger partial charge in [-0.05, 0) is 37.4 Å². The topological polar surface area (TPSA) is 87.7 Å². The summed E-state index contributed by atoms with van der Waals surface area (Å²) in [5.74, 6) is -0.236. The van der Waals surface area contributed by atoms with Crippen molar-refractivity contribution in [3.05, 3.63) is 46.6 Å². The Hall–Kier alpha value is -2.71. The van der Waals surface area contributed by atoms with Crippen molar-refractivity contribution < 1.29 is 14.3 Å². The number of carbonyl (C=O) groups is 2. The first-order chi connectivity index (χ1) is 13.0. The van der Waals surface area contributed by atoms with Crippen molar-refractivity contribution in [2.45, 2.75) is 0 Å². The van der Waals surface area contributed by atoms with E-state index >= 15 is 0 Å². The number of anilines is 2. The maximum Gasteiger partial charge on any atom is 0.337 e. The molecule has 1 amide bonds. The second kappa shape index (κ2) is 8.32. The molecule has 3 rings (SSSR count). The van der Waals surface area contributed by atoms with Crippen LogP contribution in [0.3, 0.4) is 0 Å². The van der Waals surface area contributed by atoms with Gasteiger partial charge >= 0.3 is 5.97 Å². The third-order valence-electron chi connectivity index (χ3n) is 4.35. The lowest BCUT2D eigenvalue weighted by molar-refractivity contribution is 0.0600. The van der Waals surface area contributed by atoms with Crippen molar-refractivity contribution >= 4 is 35.0 Å². The summed E-state index contributed by atoms with van der Waals surface area (Å²) in [6.45, 7) is 3.65. The molecule has 0 radical (unpaired) electrons. The Morgan fingerprint density at radius 1 is 1.11 bits per heavy atom. The van der Waals surface area contributed by atoms with Crippen LogP contribution in [0.15, 0.2) is 30.3 Å². The summed E-state index contributed by atoms with van der Waals surface area (Å²) >= 11 is 6.10. The molecule has 1 N–H and O–H groups in total. The number of likely N-dealkylation sites (N-methyl/N-ethyl adjacent to an activating group) is 1. The zero-order chi connectivity index (χ0) is 19.4. The second-order valence-corrected chi connectivity index (χ2v) is 6.61. The molecule has 0 aliphatic carbocycles. The zero-order valence-electron chi connectivity index (χ0n) is 15.1. The fraction of sp³-hybridized carbons (Fsp3) is 0.333. The van der Waals surface area contributed by atoms with E-state index in [0.29, 0.717) is 10.7 Å². The molecule has 27 heavy (non-hydrogen) atoms. The quantitative estimate of drug-likeness (QED) is 0.799. The van der Waals surface area contributed by atoms with Gasteiger partial charge < -0.3 is 19.9 Å². The fourth-order valence-electron chi connectivity index (χ4n) is 2.70. The maximum absolute atomic E-state index is 12.4. The van der Waals surface area contributed by atoms with Crippen LogP contribution in [-0.4, -0.2) is 67.3 Å². The molecule has 0 saturated carbocycles. The third kappa shape index (κ3) is 4.53. The van der Waals surface area contributed by atoms with E-state index in [4.69, 9.17) is 11.6 Å². The molecule has 8 nitrogen and oxygen atoms in total. The monoisotopic (exact) mass is 389 g/mol. The summed E-state index contributed by atoms with van der Waals surface area (Å²) in [4.78, 5) is 28.4. The average molecular weight is 390 g/mol. The van der Waals surface area contributed by atoms with Gasteiger partial charge in [-0.15, -0.1) is 10.2 Å². The summed E-state index contributed by atoms with van der Waals surface area (Å²) < 4.78 is 4.67. The van der Waals surface area contributed by atoms with E-state index in [1.807, 2.05) is 0 Å². The number of hydrogen-bond acceptors (Lipinski definition) is 7. The molecule has 1 fully saturated rings. The SMILES string of the molecule is COC(=O)c1ccc(Cl)c(NC(=O)c2ccc(N3CCN(C)CC3)nn2)c1. The highest BCUT2D eigenvalue weighted by Crippen LogP contribution is 2.24. The molecule has 1 aromatic heterocycles. The summed E-state index contributed by atoms with van der Waals surface area (Å²) in [5.41, 5.74) is 0.746. The van der Waals surface area contributed by atoms with Crippen LogP contribution in [0, 0.1) is 0 Å². The van der Waals surface area contributed by atoms with E-state index in [1.54, 1.807) is 12.1 Å². The van der Waals surface area contributed by atoms with Gasteiger partial charge in [-0.25, -0.2) is 4.79 Å². The van der Waals surface area contributed by atoms with Gasteiger partial charge in [0, 0.05) is 26.2 Å². The Balaban J connectivity index is 1.70. The minimum atomic E-state index is -0.515. The number of amides is 1. The molecule has 2 heterocycles. The summed E-state index contributed by atoms with van der Waals surface area (Å²) in [5, 5.41) is 11.1. The highest BCUT2D eigenvalue weighted by atomic mass is 35.5. The van der Waals surface area contributed by atoms with Gasteiger partial charge in [-0.1, -0.05) is 11.6 Å². The van der Waals surface area contributed by atoms with Gasteiger partial charge in [0.15, 0.2) is 11.5 Å². The normalized spacial score (nSPS) is 14.7. The van der Waals surface area contributed by atoms with E-state index in [-0.39, 0.29) is 11.3 Å². The molecule has 2 aromatic rings. The first-order valence-corrected chi connectivity index (χ1v) is 8.82. The van der Waals surface area contributed by atoms with Crippen LogP contribution in [0.4, 0.5) is 11.5 Å². The van der Waals surface area contributed by atoms with Crippen LogP contribution in [0.25, 0.3) is 0 Å². The molecule has 1 aromatic carbocycles. The van der Waals surface area contributed by atoms with Gasteiger partial charge in [0.2, 0.25) is 0 Å². The van der Waals surface area contributed by atoms with Gasteiger partial charge in [0.05, 0.1) is 23.4 Å². The van der Waals surface area contributed by atoms with Crippen molar-refractivity contribution in [3.63, 3.8) is 0 Å². The highest BCUT2D eigenvalue weighted by molar-refractivity contribution is 6.34. The van der Waals surface area contributed by atoms with Crippen molar-refractivity contribution in [3.8, 4) is 0 Å². The Morgan fingerprint density at radius 2 is 1.85 bits per heavy atom. The molecule has 0 spiro atoms. The van der Waals surface area contributed by atoms with E-state index < -0.39 is 11.9 Å². The smallest absolute Gasteiger partial charge is 0.337 e. The minimum Gasteiger partial charge on any atom is -0.465 e. The largest absolute Gasteiger partial charge is 0.465 e. The Kier molecular flexibility index (Phi) is 5.88. The Labute approximate surface area is 162 Å². The number of nitrogens with one attached hydrogen (secondary N) is 1. The number of methoxy groups -OCH3 is 1. The maximum atomic E-state index is 12.4. The van der Waals surface area contributed by atoms with E-state index in [1.165, 1.54) is 25.3 Å². The van der Waals surface area contributed by atoms with E-state index in [0.717, 1.165) is 32.0 Å². The van der Waals surface area contributed by atoms with Crippen molar-refractivity contribution in [2.75, 3.05) is 50.6 Å². The number of aromatic nitrogens is 2. The van der Waals surface area contributed by atoms with Crippen molar-refractivity contribution in [2.24, 2.45) is 0 Å². The first kappa shape index (κ1) is 19.1. The number of rotatable bonds is 4. The van der Waals surface area contributed by atoms with Gasteiger partial charge in [0.1, 0.15) is 0 Å². The van der Waals surface area contributed by atoms with Crippen LogP contribution in [0.5, 0.6) is 0 Å². The standard InChI is InChI=1S/C18H20ClN5O3/c1-23-7-9-24(10-8-23)16-6-5-14(21-22-16)17(25)20-15-11-12(18(26)27-2)3-4-13(15)19/h3-6,11H,7-10H2,1-2H3,(H,20,25). The molecule has 1 aliphatic rings. The van der Waals surface area contributed by atoms with Crippen LogP contribution in [0.2, 0.25) is 5.02 Å². The molecule has 1 saturated heterocycles. The van der Waals surface area contributed by atoms with Crippen molar-refractivity contribution in [1.29, 1.82) is 0 Å². The van der Waals surface area contributed by atoms with E-state index in [9.17, 15) is 9.59 Å². The number of carbonyl (C=O) groups excluding carboxylic acids is 2. The lowest BCUT2D eigenvalue weighted by Crippen LogP contribution is -2.44. The summed E-state index contributed by atoms with van der Waals surface area (Å²) in [7, 11) is 3.36. The van der Waals surface area contributed by atoms with Crippen LogP contribution >= 0.6 is 11.6 Å². The molecule has 0 bridgehead atoms. The predicted molar refractivity (Wildman–Crippen MR) is 102 cm³/mol. The predicted octanol–water partition coefficient (Wildman–Crippen LogP) is 1.92. The number of ether oxygens (including phenoxy) is 1. The molecule has 142 valence electrons. The number of esters is 1. The zero-order valence-corrected chi connectivity index (χ0v) is 15.9. The van der Waals surface area contributed by atoms with Crippen LogP contribution in [0.1, 0.15) is 20.8 Å². The van der Waals surface area contributed by atoms with E-state index in [2.05, 4.69) is 37.1 Å². The molecule has 9 heteroatoms. The highest BCUT2D eigenvalue weighted by Gasteiger charge is 2.17. The van der Waals surface area contributed by atoms with Gasteiger partial charge in [-0.3, -0.25) is 4.79 Å². The summed E-state index contributed by atoms with van der Waals surface area (Å²) in [6.07, 6.45) is 0. The van der Waals surface area contributed by atoms with Gasteiger partial charge in [0.25, 0.3) is 5.91 Å². The Bertz CT molecular complexity index is 835. The molecular formula is C18H20ClN5O3. The average Bonchev–Trinajstić information content (AvgIpc) is 2.69. The summed E-state index contributed by atoms with van der Waals surface area (Å²) in [6, 6.07) is 7.89. The lowest BCUT2D eigenvalue weighted by atomic mass is 10.2. The number of nitrogens with zero attached hydrogens (tertiary/aromatic N) is 4. The Morgan fingerprint density at radius 3 is 2.48 bits per heavy atom. The number of benzene rings is 1. The lowest BCUT2D eigenvalue weighted by Gasteiger charge is -2.32. The number of halogens is 1. The number of piperazine rings is 1. The molecule has 0 unspecified atom stereocenters. The molecular weight excluding hydrogens is 370 g/mol. The first-order valence-electron chi connectivity index (χ1n) is 8.44. The van der Waals surface area contributed by atoms with Crippen molar-refractivity contribution in [1.82, 2.24) is 15.1 Å². The molecule has 0 atom stereocenters.